The number of aliphatic hydroxyl groups excluding tert-OH is 1. The topological polar surface area (TPSA) is 39.6 Å². The van der Waals surface area contributed by atoms with Crippen molar-refractivity contribution in [2.24, 2.45) is 0 Å². The third kappa shape index (κ3) is 4.75. The van der Waals surface area contributed by atoms with E-state index in [1.165, 1.54) is 11.1 Å². The first-order chi connectivity index (χ1) is 11.2. The number of pyridine rings is 1. The summed E-state index contributed by atoms with van der Waals surface area (Å²) in [5.74, 6) is 0. The van der Waals surface area contributed by atoms with E-state index in [1.54, 1.807) is 0 Å². The lowest BCUT2D eigenvalue weighted by molar-refractivity contribution is 0.122. The Kier molecular flexibility index (Phi) is 5.62. The molecule has 1 saturated heterocycles. The predicted molar refractivity (Wildman–Crippen MR) is 92.2 cm³/mol. The van der Waals surface area contributed by atoms with Gasteiger partial charge in [-0.3, -0.25) is 9.80 Å². The van der Waals surface area contributed by atoms with Crippen molar-refractivity contribution in [2.45, 2.75) is 19.7 Å². The minimum absolute atomic E-state index is 0.110. The fourth-order valence-electron chi connectivity index (χ4n) is 2.87. The van der Waals surface area contributed by atoms with Crippen LogP contribution in [0.25, 0.3) is 0 Å². The third-order valence-corrected chi connectivity index (χ3v) is 4.50. The van der Waals surface area contributed by atoms with Gasteiger partial charge in [-0.2, -0.15) is 0 Å². The molecule has 1 N–H and O–H groups in total. The van der Waals surface area contributed by atoms with Crippen molar-refractivity contribution < 1.29 is 5.11 Å². The van der Waals surface area contributed by atoms with Crippen molar-refractivity contribution in [1.29, 1.82) is 0 Å². The Morgan fingerprint density at radius 3 is 1.87 bits per heavy atom. The number of rotatable bonds is 5. The van der Waals surface area contributed by atoms with Crippen LogP contribution in [0, 0.1) is 0 Å². The molecule has 122 valence electrons. The Morgan fingerprint density at radius 1 is 0.826 bits per heavy atom. The smallest absolute Gasteiger partial charge is 0.129 e. The summed E-state index contributed by atoms with van der Waals surface area (Å²) in [4.78, 5) is 9.07. The normalized spacial score (nSPS) is 16.6. The SMILES string of the molecule is OCc1ccc(CN2CCN(Cc3ccc(Cl)nc3)CC2)cc1. The average molecular weight is 332 g/mol. The van der Waals surface area contributed by atoms with E-state index in [0.717, 1.165) is 44.8 Å². The minimum atomic E-state index is 0.110. The minimum Gasteiger partial charge on any atom is -0.392 e. The average Bonchev–Trinajstić information content (AvgIpc) is 2.59. The summed E-state index contributed by atoms with van der Waals surface area (Å²) in [5.41, 5.74) is 3.48. The highest BCUT2D eigenvalue weighted by atomic mass is 35.5. The molecule has 0 saturated carbocycles. The molecule has 0 atom stereocenters. The van der Waals surface area contributed by atoms with Crippen molar-refractivity contribution in [3.63, 3.8) is 0 Å². The standard InChI is InChI=1S/C18H22ClN3O/c19-18-6-5-17(11-20-18)13-22-9-7-21(8-10-22)12-15-1-3-16(14-23)4-2-15/h1-6,11,23H,7-10,12-14H2. The Bertz CT molecular complexity index is 607. The molecule has 1 aliphatic rings. The van der Waals surface area contributed by atoms with Gasteiger partial charge in [-0.05, 0) is 22.8 Å². The van der Waals surface area contributed by atoms with Crippen LogP contribution in [-0.2, 0) is 19.7 Å². The molecule has 0 radical (unpaired) electrons. The van der Waals surface area contributed by atoms with Crippen LogP contribution in [0.4, 0.5) is 0 Å². The predicted octanol–water partition coefficient (Wildman–Crippen LogP) is 2.55. The summed E-state index contributed by atoms with van der Waals surface area (Å²) in [6, 6.07) is 12.1. The molecule has 23 heavy (non-hydrogen) atoms. The number of aliphatic hydroxyl groups is 1. The maximum absolute atomic E-state index is 9.09. The third-order valence-electron chi connectivity index (χ3n) is 4.27. The highest BCUT2D eigenvalue weighted by Gasteiger charge is 2.17. The summed E-state index contributed by atoms with van der Waals surface area (Å²) in [6.45, 7) is 6.30. The molecule has 3 rings (SSSR count). The quantitative estimate of drug-likeness (QED) is 0.855. The number of piperazine rings is 1. The van der Waals surface area contributed by atoms with Crippen LogP contribution in [0.2, 0.25) is 5.15 Å². The summed E-state index contributed by atoms with van der Waals surface area (Å²) < 4.78 is 0. The fraction of sp³-hybridized carbons (Fsp3) is 0.389. The Hall–Kier alpha value is -1.46. The van der Waals surface area contributed by atoms with E-state index in [0.29, 0.717) is 5.15 Å². The summed E-state index contributed by atoms with van der Waals surface area (Å²) in [6.07, 6.45) is 1.86. The Labute approximate surface area is 142 Å². The van der Waals surface area contributed by atoms with Gasteiger partial charge in [0, 0.05) is 45.5 Å². The molecule has 1 aromatic heterocycles. The van der Waals surface area contributed by atoms with Gasteiger partial charge in [-0.1, -0.05) is 41.9 Å². The summed E-state index contributed by atoms with van der Waals surface area (Å²) in [7, 11) is 0. The zero-order valence-corrected chi connectivity index (χ0v) is 13.9. The van der Waals surface area contributed by atoms with Crippen molar-refractivity contribution >= 4 is 11.6 Å². The molecule has 2 aromatic rings. The number of hydrogen-bond acceptors (Lipinski definition) is 4. The monoisotopic (exact) mass is 331 g/mol. The van der Waals surface area contributed by atoms with E-state index in [2.05, 4.69) is 26.9 Å². The van der Waals surface area contributed by atoms with Crippen molar-refractivity contribution in [1.82, 2.24) is 14.8 Å². The van der Waals surface area contributed by atoms with E-state index in [4.69, 9.17) is 16.7 Å². The summed E-state index contributed by atoms with van der Waals surface area (Å²) >= 11 is 5.82. The van der Waals surface area contributed by atoms with Crippen molar-refractivity contribution in [3.8, 4) is 0 Å². The molecule has 0 bridgehead atoms. The van der Waals surface area contributed by atoms with Crippen LogP contribution >= 0.6 is 11.6 Å². The van der Waals surface area contributed by atoms with Gasteiger partial charge in [0.15, 0.2) is 0 Å². The van der Waals surface area contributed by atoms with Gasteiger partial charge in [-0.15, -0.1) is 0 Å². The van der Waals surface area contributed by atoms with Gasteiger partial charge in [0.05, 0.1) is 6.61 Å². The van der Waals surface area contributed by atoms with Crippen molar-refractivity contribution in [3.05, 3.63) is 64.4 Å². The number of hydrogen-bond donors (Lipinski definition) is 1. The number of aromatic nitrogens is 1. The molecule has 4 nitrogen and oxygen atoms in total. The van der Waals surface area contributed by atoms with Gasteiger partial charge in [0.1, 0.15) is 5.15 Å². The molecular weight excluding hydrogens is 310 g/mol. The highest BCUT2D eigenvalue weighted by molar-refractivity contribution is 6.29. The van der Waals surface area contributed by atoms with Crippen LogP contribution in [0.15, 0.2) is 42.6 Å². The molecule has 5 heteroatoms. The zero-order valence-electron chi connectivity index (χ0n) is 13.2. The van der Waals surface area contributed by atoms with E-state index in [1.807, 2.05) is 30.5 Å². The van der Waals surface area contributed by atoms with Crippen LogP contribution in [-0.4, -0.2) is 46.1 Å². The first-order valence-corrected chi connectivity index (χ1v) is 8.34. The lowest BCUT2D eigenvalue weighted by atomic mass is 10.1. The zero-order chi connectivity index (χ0) is 16.1. The number of benzene rings is 1. The Balaban J connectivity index is 1.47. The fourth-order valence-corrected chi connectivity index (χ4v) is 2.98. The molecule has 1 aliphatic heterocycles. The first kappa shape index (κ1) is 16.4. The maximum Gasteiger partial charge on any atom is 0.129 e. The molecule has 0 unspecified atom stereocenters. The van der Waals surface area contributed by atoms with Crippen LogP contribution in [0.3, 0.4) is 0 Å². The lowest BCUT2D eigenvalue weighted by Gasteiger charge is -2.34. The van der Waals surface area contributed by atoms with E-state index in [9.17, 15) is 0 Å². The molecule has 0 amide bonds. The van der Waals surface area contributed by atoms with Gasteiger partial charge in [0.25, 0.3) is 0 Å². The second kappa shape index (κ2) is 7.88. The second-order valence-corrected chi connectivity index (χ2v) is 6.40. The number of halogens is 1. The van der Waals surface area contributed by atoms with Crippen LogP contribution in [0.1, 0.15) is 16.7 Å². The summed E-state index contributed by atoms with van der Waals surface area (Å²) in [5, 5.41) is 9.63. The van der Waals surface area contributed by atoms with Gasteiger partial charge in [-0.25, -0.2) is 4.98 Å². The van der Waals surface area contributed by atoms with Crippen LogP contribution in [0.5, 0.6) is 0 Å². The molecule has 1 aromatic carbocycles. The largest absolute Gasteiger partial charge is 0.392 e. The van der Waals surface area contributed by atoms with E-state index >= 15 is 0 Å². The van der Waals surface area contributed by atoms with Crippen molar-refractivity contribution in [2.75, 3.05) is 26.2 Å². The molecule has 0 aliphatic carbocycles. The Morgan fingerprint density at radius 2 is 1.35 bits per heavy atom. The lowest BCUT2D eigenvalue weighted by Crippen LogP contribution is -2.45. The molecule has 0 spiro atoms. The van der Waals surface area contributed by atoms with E-state index in [-0.39, 0.29) is 6.61 Å². The highest BCUT2D eigenvalue weighted by Crippen LogP contribution is 2.13. The van der Waals surface area contributed by atoms with Gasteiger partial charge < -0.3 is 5.11 Å². The van der Waals surface area contributed by atoms with E-state index < -0.39 is 0 Å². The first-order valence-electron chi connectivity index (χ1n) is 7.97. The maximum atomic E-state index is 9.09. The number of nitrogens with zero attached hydrogens (tertiary/aromatic N) is 3. The molecule has 2 heterocycles. The second-order valence-electron chi connectivity index (χ2n) is 6.02. The molecular formula is C18H22ClN3O. The molecule has 1 fully saturated rings. The van der Waals surface area contributed by atoms with Crippen LogP contribution < -0.4 is 0 Å². The van der Waals surface area contributed by atoms with Gasteiger partial charge >= 0.3 is 0 Å². The van der Waals surface area contributed by atoms with Gasteiger partial charge in [0.2, 0.25) is 0 Å².